The lowest BCUT2D eigenvalue weighted by Crippen LogP contribution is -2.52. The van der Waals surface area contributed by atoms with E-state index in [0.717, 1.165) is 16.5 Å². The van der Waals surface area contributed by atoms with E-state index in [-0.39, 0.29) is 12.2 Å². The second kappa shape index (κ2) is 14.7. The fraction of sp³-hybridized carbons (Fsp3) is 0.424. The fourth-order valence-corrected chi connectivity index (χ4v) is 5.39. The summed E-state index contributed by atoms with van der Waals surface area (Å²) >= 11 is 0. The molecule has 0 aliphatic rings. The van der Waals surface area contributed by atoms with Crippen molar-refractivity contribution in [3.63, 3.8) is 0 Å². The highest BCUT2D eigenvalue weighted by Gasteiger charge is 2.39. The van der Waals surface area contributed by atoms with Gasteiger partial charge in [0.25, 0.3) is 0 Å². The Kier molecular flexibility index (Phi) is 11.4. The van der Waals surface area contributed by atoms with Crippen molar-refractivity contribution in [1.82, 2.24) is 15.8 Å². The van der Waals surface area contributed by atoms with Gasteiger partial charge in [0.05, 0.1) is 33.3 Å². The van der Waals surface area contributed by atoms with Crippen LogP contribution in [0.25, 0.3) is 10.9 Å². The molecule has 0 radical (unpaired) electrons. The molecule has 2 amide bonds. The monoisotopic (exact) mass is 593 g/mol. The van der Waals surface area contributed by atoms with Gasteiger partial charge in [0.1, 0.15) is 0 Å². The van der Waals surface area contributed by atoms with E-state index in [1.807, 2.05) is 57.2 Å². The van der Waals surface area contributed by atoms with Crippen molar-refractivity contribution in [2.75, 3.05) is 21.3 Å². The summed E-state index contributed by atoms with van der Waals surface area (Å²) < 4.78 is 16.3. The molecule has 1 heterocycles. The molecule has 0 aliphatic carbocycles. The van der Waals surface area contributed by atoms with Gasteiger partial charge in [-0.15, -0.1) is 6.58 Å². The summed E-state index contributed by atoms with van der Waals surface area (Å²) in [5.41, 5.74) is 3.25. The van der Waals surface area contributed by atoms with E-state index in [4.69, 9.17) is 14.2 Å². The predicted molar refractivity (Wildman–Crippen MR) is 165 cm³/mol. The van der Waals surface area contributed by atoms with Crippen molar-refractivity contribution < 1.29 is 33.8 Å². The highest BCUT2D eigenvalue weighted by Crippen LogP contribution is 2.39. The molecule has 2 aromatic carbocycles. The lowest BCUT2D eigenvalue weighted by molar-refractivity contribution is -0.140. The van der Waals surface area contributed by atoms with Gasteiger partial charge in [-0.05, 0) is 54.9 Å². The molecule has 232 valence electrons. The molecule has 3 rings (SSSR count). The SMILES string of the molecule is C=CC[C@H](C(=O)NO)[C@@H](CCCc1cc(OC)c(OC)c(OC)c1)C(=O)N[C@H](C(=O)c1c[nH]c2ccccc12)C(C)(C)C. The number of ether oxygens (including phenoxy) is 3. The first kappa shape index (κ1) is 33.2. The van der Waals surface area contributed by atoms with Gasteiger partial charge in [-0.1, -0.05) is 45.0 Å². The first-order chi connectivity index (χ1) is 20.5. The van der Waals surface area contributed by atoms with Gasteiger partial charge in [-0.25, -0.2) is 5.48 Å². The number of hydrogen-bond donors (Lipinski definition) is 4. The van der Waals surface area contributed by atoms with Crippen molar-refractivity contribution in [2.24, 2.45) is 17.3 Å². The number of Topliss-reactive ketones (excluding diaryl/α,β-unsaturated/α-hetero) is 1. The van der Waals surface area contributed by atoms with Crippen LogP contribution in [0.5, 0.6) is 17.2 Å². The molecule has 0 bridgehead atoms. The van der Waals surface area contributed by atoms with Gasteiger partial charge in [0.15, 0.2) is 17.3 Å². The topological polar surface area (TPSA) is 139 Å². The van der Waals surface area contributed by atoms with Crippen molar-refractivity contribution in [3.8, 4) is 17.2 Å². The van der Waals surface area contributed by atoms with Crippen LogP contribution in [0.1, 0.15) is 56.0 Å². The number of aromatic nitrogens is 1. The number of ketones is 1. The Bertz CT molecular complexity index is 1410. The summed E-state index contributed by atoms with van der Waals surface area (Å²) in [6.07, 6.45) is 4.71. The Labute approximate surface area is 252 Å². The summed E-state index contributed by atoms with van der Waals surface area (Å²) in [7, 11) is 4.61. The second-order valence-electron chi connectivity index (χ2n) is 11.6. The lowest BCUT2D eigenvalue weighted by Gasteiger charge is -2.33. The highest BCUT2D eigenvalue weighted by atomic mass is 16.5. The maximum absolute atomic E-state index is 14.0. The summed E-state index contributed by atoms with van der Waals surface area (Å²) in [5, 5.41) is 13.2. The minimum absolute atomic E-state index is 0.158. The molecule has 4 N–H and O–H groups in total. The first-order valence-electron chi connectivity index (χ1n) is 14.2. The third kappa shape index (κ3) is 7.75. The number of fused-ring (bicyclic) bond motifs is 1. The molecule has 43 heavy (non-hydrogen) atoms. The number of hydroxylamine groups is 1. The molecule has 0 unspecified atom stereocenters. The number of para-hydroxylation sites is 1. The molecule has 3 aromatic rings. The molecule has 0 saturated carbocycles. The number of aromatic amines is 1. The van der Waals surface area contributed by atoms with Crippen molar-refractivity contribution in [1.29, 1.82) is 0 Å². The van der Waals surface area contributed by atoms with Crippen LogP contribution >= 0.6 is 0 Å². The molecule has 10 nitrogen and oxygen atoms in total. The summed E-state index contributed by atoms with van der Waals surface area (Å²) in [4.78, 5) is 43.7. The summed E-state index contributed by atoms with van der Waals surface area (Å²) in [6, 6.07) is 10.3. The van der Waals surface area contributed by atoms with Crippen LogP contribution in [0.4, 0.5) is 0 Å². The standard InChI is InChI=1S/C33H43N3O7/c1-8-12-22(32(39)36-40)23(15-11-13-20-17-26(41-5)29(43-7)27(18-20)42-6)31(38)35-30(33(2,3)4)28(37)24-19-34-25-16-10-9-14-21(24)25/h8-10,14,16-19,22-23,30,34,40H,1,11-13,15H2,2-7H3,(H,35,38)(H,36,39)/t22-,23+,30+/m0/s1. The predicted octanol–water partition coefficient (Wildman–Crippen LogP) is 5.24. The summed E-state index contributed by atoms with van der Waals surface area (Å²) in [5.74, 6) is -1.62. The van der Waals surface area contributed by atoms with Gasteiger partial charge < -0.3 is 24.5 Å². The summed E-state index contributed by atoms with van der Waals surface area (Å²) in [6.45, 7) is 9.38. The Morgan fingerprint density at radius 1 is 1.00 bits per heavy atom. The normalized spacial score (nSPS) is 13.5. The molecule has 1 aromatic heterocycles. The van der Waals surface area contributed by atoms with E-state index >= 15 is 0 Å². The lowest BCUT2D eigenvalue weighted by atomic mass is 9.80. The van der Waals surface area contributed by atoms with Crippen molar-refractivity contribution >= 4 is 28.5 Å². The maximum Gasteiger partial charge on any atom is 0.247 e. The Hall–Kier alpha value is -4.31. The minimum Gasteiger partial charge on any atom is -0.493 e. The van der Waals surface area contributed by atoms with E-state index in [9.17, 15) is 19.6 Å². The molecule has 0 aliphatic heterocycles. The number of amides is 2. The second-order valence-corrected chi connectivity index (χ2v) is 11.6. The van der Waals surface area contributed by atoms with Crippen molar-refractivity contribution in [2.45, 2.75) is 52.5 Å². The van der Waals surface area contributed by atoms with Crippen LogP contribution < -0.4 is 25.0 Å². The van der Waals surface area contributed by atoms with Gasteiger partial charge in [0.2, 0.25) is 17.6 Å². The number of nitrogens with one attached hydrogen (secondary N) is 3. The maximum atomic E-state index is 14.0. The molecular weight excluding hydrogens is 550 g/mol. The van der Waals surface area contributed by atoms with Gasteiger partial charge >= 0.3 is 0 Å². The van der Waals surface area contributed by atoms with E-state index in [1.54, 1.807) is 11.7 Å². The minimum atomic E-state index is -0.897. The van der Waals surface area contributed by atoms with E-state index in [0.29, 0.717) is 42.1 Å². The zero-order valence-electron chi connectivity index (χ0n) is 25.8. The number of rotatable bonds is 15. The number of H-pyrrole nitrogens is 1. The van der Waals surface area contributed by atoms with Crippen LogP contribution in [0, 0.1) is 17.3 Å². The van der Waals surface area contributed by atoms with Gasteiger partial charge in [0, 0.05) is 28.6 Å². The fourth-order valence-electron chi connectivity index (χ4n) is 5.39. The molecular formula is C33H43N3O7. The number of aryl methyl sites for hydroxylation is 1. The Balaban J connectivity index is 1.90. The number of benzene rings is 2. The largest absolute Gasteiger partial charge is 0.493 e. The van der Waals surface area contributed by atoms with E-state index in [1.165, 1.54) is 27.4 Å². The Morgan fingerprint density at radius 2 is 1.65 bits per heavy atom. The van der Waals surface area contributed by atoms with Crippen LogP contribution in [0.15, 0.2) is 55.3 Å². The average Bonchev–Trinajstić information content (AvgIpc) is 3.43. The molecule has 0 saturated heterocycles. The van der Waals surface area contributed by atoms with Crippen LogP contribution in [0.3, 0.4) is 0 Å². The number of carbonyl (C=O) groups is 3. The zero-order valence-corrected chi connectivity index (χ0v) is 25.8. The number of hydrogen-bond acceptors (Lipinski definition) is 7. The quantitative estimate of drug-likeness (QED) is 0.0818. The van der Waals surface area contributed by atoms with Crippen molar-refractivity contribution in [3.05, 3.63) is 66.4 Å². The van der Waals surface area contributed by atoms with Crippen LogP contribution in [0.2, 0.25) is 0 Å². The zero-order chi connectivity index (χ0) is 31.7. The average molecular weight is 594 g/mol. The van der Waals surface area contributed by atoms with Crippen LogP contribution in [-0.2, 0) is 16.0 Å². The van der Waals surface area contributed by atoms with E-state index in [2.05, 4.69) is 16.9 Å². The third-order valence-corrected chi connectivity index (χ3v) is 7.66. The molecule has 0 spiro atoms. The molecule has 10 heteroatoms. The smallest absolute Gasteiger partial charge is 0.247 e. The molecule has 3 atom stereocenters. The highest BCUT2D eigenvalue weighted by molar-refractivity contribution is 6.11. The first-order valence-corrected chi connectivity index (χ1v) is 14.2. The third-order valence-electron chi connectivity index (χ3n) is 7.66. The number of carbonyl (C=O) groups excluding carboxylic acids is 3. The van der Waals surface area contributed by atoms with Gasteiger partial charge in [-0.3, -0.25) is 19.6 Å². The molecule has 0 fully saturated rings. The van der Waals surface area contributed by atoms with E-state index < -0.39 is 35.1 Å². The van der Waals surface area contributed by atoms with Gasteiger partial charge in [-0.2, -0.15) is 0 Å². The number of allylic oxidation sites excluding steroid dienone is 1. The van der Waals surface area contributed by atoms with Crippen LogP contribution in [-0.4, -0.2) is 55.2 Å². The number of methoxy groups -OCH3 is 3. The Morgan fingerprint density at radius 3 is 2.21 bits per heavy atom.